The Morgan fingerprint density at radius 2 is 1.58 bits per heavy atom. The molecule has 0 unspecified atom stereocenters. The molecule has 0 aliphatic carbocycles. The van der Waals surface area contributed by atoms with E-state index in [-0.39, 0.29) is 141 Å². The second-order valence-corrected chi connectivity index (χ2v) is 5.92. The molecule has 0 heterocycles. The third-order valence-electron chi connectivity index (χ3n) is 2.61. The van der Waals surface area contributed by atoms with E-state index >= 15 is 0 Å². The molecule has 24 heavy (non-hydrogen) atoms. The average molecular weight is 483 g/mol. The topological polar surface area (TPSA) is 88.6 Å². The van der Waals surface area contributed by atoms with Crippen LogP contribution in [0.1, 0.15) is 53.4 Å². The van der Waals surface area contributed by atoms with Crippen molar-refractivity contribution in [3.05, 3.63) is 10.6 Å². The van der Waals surface area contributed by atoms with Crippen molar-refractivity contribution in [3.63, 3.8) is 0 Å². The fourth-order valence-corrected chi connectivity index (χ4v) is 1.78. The average Bonchev–Trinajstić information content (AvgIpc) is 2.35. The number of rotatable bonds is 12. The zero-order valence-electron chi connectivity index (χ0n) is 16.1. The first kappa shape index (κ1) is 30.9. The fourth-order valence-electron chi connectivity index (χ4n) is 1.78. The minimum atomic E-state index is -0.467. The van der Waals surface area contributed by atoms with Crippen LogP contribution in [0.4, 0.5) is 0 Å². The summed E-state index contributed by atoms with van der Waals surface area (Å²) in [5, 5.41) is 7.47. The molecule has 8 heteroatoms. The molecule has 0 aromatic carbocycles. The summed E-state index contributed by atoms with van der Waals surface area (Å²) < 4.78 is 5.30. The summed E-state index contributed by atoms with van der Waals surface area (Å²) in [7, 11) is 0. The first-order chi connectivity index (χ1) is 10.3. The van der Waals surface area contributed by atoms with E-state index in [1.165, 1.54) is 0 Å². The van der Waals surface area contributed by atoms with Crippen LogP contribution in [0.2, 0.25) is 0 Å². The zero-order valence-corrected chi connectivity index (χ0v) is 26.0. The number of Topliss-reactive ketones (excluding diaryl/α,β-unsaturated/α-hetero) is 1. The quantitative estimate of drug-likeness (QED) is 0.219. The molecule has 0 aromatic rings. The maximum atomic E-state index is 11.5. The molecule has 0 aromatic heterocycles. The van der Waals surface area contributed by atoms with Crippen LogP contribution in [0, 0.1) is 5.92 Å². The van der Waals surface area contributed by atoms with Gasteiger partial charge in [-0.15, -0.1) is 12.6 Å². The summed E-state index contributed by atoms with van der Waals surface area (Å²) in [5.41, 5.74) is 0. The standard InChI is InChI=1S/C16H30N2O4.2Rb/c1-12(2)10-14(19)6-5-8-22-9-7-17-15(20)11-16(21)18-13(3)4;;/h12-13H,5-11H2,1-4H3,(H2,17,18,20,21);;/q;2*+1/p-2. The van der Waals surface area contributed by atoms with Gasteiger partial charge in [0.05, 0.1) is 11.8 Å². The molecule has 0 aliphatic heterocycles. The maximum Gasteiger partial charge on any atom is 1.00 e. The monoisotopic (exact) mass is 482 g/mol. The molecule has 0 N–H and O–H groups in total. The number of amides is 2. The van der Waals surface area contributed by atoms with Crippen LogP contribution in [0.15, 0.2) is 0 Å². The summed E-state index contributed by atoms with van der Waals surface area (Å²) in [6.45, 7) is 8.62. The molecule has 0 radical (unpaired) electrons. The summed E-state index contributed by atoms with van der Waals surface area (Å²) in [6, 6.07) is -0.109. The molecule has 0 fully saturated rings. The number of carbonyl (C=O) groups excluding carboxylic acids is 3. The van der Waals surface area contributed by atoms with E-state index in [9.17, 15) is 14.4 Å². The van der Waals surface area contributed by atoms with Gasteiger partial charge in [-0.05, 0) is 12.3 Å². The van der Waals surface area contributed by atoms with Crippen molar-refractivity contribution in [2.45, 2.75) is 59.4 Å². The van der Waals surface area contributed by atoms with Crippen molar-refractivity contribution < 1.29 is 135 Å². The van der Waals surface area contributed by atoms with E-state index in [1.807, 2.05) is 13.8 Å². The molecule has 0 saturated heterocycles. The van der Waals surface area contributed by atoms with Crippen LogP contribution >= 0.6 is 0 Å². The fraction of sp³-hybridized carbons (Fsp3) is 0.812. The van der Waals surface area contributed by atoms with E-state index < -0.39 is 11.8 Å². The second kappa shape index (κ2) is 19.9. The number of carbonyl (C=O) groups is 3. The van der Waals surface area contributed by atoms with Crippen LogP contribution < -0.4 is 116 Å². The van der Waals surface area contributed by atoms with Crippen LogP contribution in [0.5, 0.6) is 0 Å². The maximum absolute atomic E-state index is 11.5. The molecule has 0 aliphatic rings. The van der Waals surface area contributed by atoms with Gasteiger partial charge in [-0.1, -0.05) is 27.7 Å². The number of nitrogens with zero attached hydrogens (tertiary/aromatic N) is 2. The van der Waals surface area contributed by atoms with Crippen molar-refractivity contribution in [1.29, 1.82) is 0 Å². The Morgan fingerprint density at radius 3 is 2.12 bits per heavy atom. The molecule has 2 amide bonds. The Morgan fingerprint density at radius 1 is 0.958 bits per heavy atom. The molecule has 0 atom stereocenters. The number of ether oxygens (including phenoxy) is 1. The van der Waals surface area contributed by atoms with E-state index in [2.05, 4.69) is 10.6 Å². The van der Waals surface area contributed by atoms with Gasteiger partial charge in [-0.3, -0.25) is 4.79 Å². The van der Waals surface area contributed by atoms with Crippen molar-refractivity contribution in [1.82, 2.24) is 0 Å². The molecular weight excluding hydrogens is 455 g/mol. The normalized spacial score (nSPS) is 9.92. The van der Waals surface area contributed by atoms with Crippen LogP contribution in [-0.2, 0) is 19.1 Å². The summed E-state index contributed by atoms with van der Waals surface area (Å²) in [4.78, 5) is 34.1. The second-order valence-electron chi connectivity index (χ2n) is 5.92. The molecule has 128 valence electrons. The van der Waals surface area contributed by atoms with Crippen molar-refractivity contribution in [2.24, 2.45) is 5.92 Å². The van der Waals surface area contributed by atoms with E-state index in [0.29, 0.717) is 38.4 Å². The van der Waals surface area contributed by atoms with Gasteiger partial charge in [0.15, 0.2) is 0 Å². The molecule has 0 rings (SSSR count). The van der Waals surface area contributed by atoms with E-state index in [1.54, 1.807) is 13.8 Å². The molecule has 0 spiro atoms. The summed E-state index contributed by atoms with van der Waals surface area (Å²) in [6.07, 6.45) is 1.55. The molecule has 6 nitrogen and oxygen atoms in total. The third kappa shape index (κ3) is 22.2. The van der Waals surface area contributed by atoms with Gasteiger partial charge < -0.3 is 25.0 Å². The predicted octanol–water partition coefficient (Wildman–Crippen LogP) is -2.99. The number of ketones is 1. The number of hydrogen-bond donors (Lipinski definition) is 0. The minimum absolute atomic E-state index is 0. The summed E-state index contributed by atoms with van der Waals surface area (Å²) in [5.74, 6) is -0.257. The van der Waals surface area contributed by atoms with Crippen molar-refractivity contribution in [3.8, 4) is 0 Å². The number of hydrogen-bond acceptors (Lipinski definition) is 4. The molecule has 0 bridgehead atoms. The first-order valence-corrected chi connectivity index (χ1v) is 7.84. The zero-order chi connectivity index (χ0) is 17.0. The smallest absolute Gasteiger partial charge is 0.651 e. The third-order valence-corrected chi connectivity index (χ3v) is 2.61. The Labute approximate surface area is 243 Å². The largest absolute Gasteiger partial charge is 1.00 e. The van der Waals surface area contributed by atoms with Gasteiger partial charge in [-0.2, -0.15) is 0 Å². The van der Waals surface area contributed by atoms with Crippen LogP contribution in [0.25, 0.3) is 10.6 Å². The minimum Gasteiger partial charge on any atom is -0.651 e. The van der Waals surface area contributed by atoms with Gasteiger partial charge in [0.1, 0.15) is 5.78 Å². The van der Waals surface area contributed by atoms with Crippen LogP contribution in [0.3, 0.4) is 0 Å². The molecular formula is C16H28N2O4Rb2. The van der Waals surface area contributed by atoms with Gasteiger partial charge in [-0.25, -0.2) is 0 Å². The van der Waals surface area contributed by atoms with E-state index in [4.69, 9.17) is 4.74 Å². The van der Waals surface area contributed by atoms with Gasteiger partial charge in [0.25, 0.3) is 0 Å². The molecule has 0 saturated carbocycles. The van der Waals surface area contributed by atoms with Gasteiger partial charge in [0, 0.05) is 32.5 Å². The van der Waals surface area contributed by atoms with Gasteiger partial charge >= 0.3 is 116 Å². The first-order valence-electron chi connectivity index (χ1n) is 7.84. The van der Waals surface area contributed by atoms with E-state index in [0.717, 1.165) is 0 Å². The van der Waals surface area contributed by atoms with Crippen molar-refractivity contribution in [2.75, 3.05) is 19.8 Å². The Hall–Kier alpha value is 2.18. The van der Waals surface area contributed by atoms with Crippen molar-refractivity contribution >= 4 is 17.6 Å². The van der Waals surface area contributed by atoms with Crippen LogP contribution in [-0.4, -0.2) is 43.4 Å². The predicted molar refractivity (Wildman–Crippen MR) is 85.9 cm³/mol. The summed E-state index contributed by atoms with van der Waals surface area (Å²) >= 11 is 0. The van der Waals surface area contributed by atoms with Gasteiger partial charge in [0.2, 0.25) is 0 Å². The Bertz CT molecular complexity index is 364. The Kier molecular flexibility index (Phi) is 25.7. The Balaban J connectivity index is -0.00000220. The SMILES string of the molecule is CC(C)CC(=O)CCCOCC[N-]C(=O)CC(=O)[N-]C(C)C.[Rb+].[Rb+].